The van der Waals surface area contributed by atoms with Crippen molar-refractivity contribution in [2.24, 2.45) is 0 Å². The smallest absolute Gasteiger partial charge is 0.120 e. The van der Waals surface area contributed by atoms with Crippen LogP contribution in [0.25, 0.3) is 31.3 Å². The third-order valence-electron chi connectivity index (χ3n) is 3.84. The van der Waals surface area contributed by atoms with E-state index in [4.69, 9.17) is 16.3 Å². The quantitative estimate of drug-likeness (QED) is 0.415. The molecule has 1 aromatic heterocycles. The average Bonchev–Trinajstić information content (AvgIpc) is 2.94. The van der Waals surface area contributed by atoms with Crippen LogP contribution in [-0.2, 0) is 0 Å². The summed E-state index contributed by atoms with van der Waals surface area (Å²) < 4.78 is 7.88. The second kappa shape index (κ2) is 5.31. The Labute approximate surface area is 137 Å². The minimum Gasteiger partial charge on any atom is -0.497 e. The Bertz CT molecular complexity index is 973. The lowest BCUT2D eigenvalue weighted by Gasteiger charge is -2.08. The van der Waals surface area contributed by atoms with Crippen molar-refractivity contribution in [3.8, 4) is 16.9 Å². The van der Waals surface area contributed by atoms with Gasteiger partial charge in [-0.05, 0) is 35.4 Å². The molecular weight excluding hydrogens is 312 g/mol. The van der Waals surface area contributed by atoms with Gasteiger partial charge >= 0.3 is 0 Å². The molecule has 1 nitrogen and oxygen atoms in total. The maximum absolute atomic E-state index is 6.49. The predicted molar refractivity (Wildman–Crippen MR) is 96.3 cm³/mol. The zero-order valence-corrected chi connectivity index (χ0v) is 13.5. The number of ether oxygens (including phenoxy) is 1. The lowest BCUT2D eigenvalue weighted by molar-refractivity contribution is 0.415. The highest BCUT2D eigenvalue weighted by molar-refractivity contribution is 7.26. The summed E-state index contributed by atoms with van der Waals surface area (Å²) in [6.45, 7) is 0. The van der Waals surface area contributed by atoms with Crippen LogP contribution in [0.15, 0.2) is 60.7 Å². The van der Waals surface area contributed by atoms with Crippen LogP contribution in [0.4, 0.5) is 0 Å². The fourth-order valence-corrected chi connectivity index (χ4v) is 4.35. The van der Waals surface area contributed by atoms with Crippen LogP contribution < -0.4 is 4.74 Å². The van der Waals surface area contributed by atoms with E-state index in [0.29, 0.717) is 0 Å². The number of benzene rings is 3. The number of rotatable bonds is 2. The first-order valence-electron chi connectivity index (χ1n) is 7.02. The molecule has 0 N–H and O–H groups in total. The molecule has 0 aliphatic rings. The molecule has 4 aromatic rings. The summed E-state index contributed by atoms with van der Waals surface area (Å²) >= 11 is 8.24. The molecule has 0 amide bonds. The van der Waals surface area contributed by atoms with E-state index >= 15 is 0 Å². The zero-order valence-electron chi connectivity index (χ0n) is 12.0. The Morgan fingerprint density at radius 3 is 2.45 bits per heavy atom. The molecule has 0 atom stereocenters. The van der Waals surface area contributed by atoms with Crippen LogP contribution >= 0.6 is 22.9 Å². The van der Waals surface area contributed by atoms with E-state index in [9.17, 15) is 0 Å². The van der Waals surface area contributed by atoms with Gasteiger partial charge in [0, 0.05) is 25.2 Å². The molecular formula is C19H13ClOS. The predicted octanol–water partition coefficient (Wildman–Crippen LogP) is 6.38. The molecule has 0 unspecified atom stereocenters. The molecule has 0 aliphatic carbocycles. The fourth-order valence-electron chi connectivity index (χ4n) is 2.84. The highest BCUT2D eigenvalue weighted by atomic mass is 35.5. The van der Waals surface area contributed by atoms with E-state index in [1.165, 1.54) is 20.3 Å². The normalized spacial score (nSPS) is 11.2. The lowest BCUT2D eigenvalue weighted by atomic mass is 9.99. The van der Waals surface area contributed by atoms with Gasteiger partial charge in [-0.15, -0.1) is 11.3 Å². The SMILES string of the molecule is COc1cc(-c2ccccc2)c2c(c1)sc1cccc(Cl)c12. The van der Waals surface area contributed by atoms with Crippen LogP contribution in [0.3, 0.4) is 0 Å². The standard InChI is InChI=1S/C19H13ClOS/c1-21-13-10-14(12-6-3-2-4-7-12)18-17(11-13)22-16-9-5-8-15(20)19(16)18/h2-11H,1H3. The lowest BCUT2D eigenvalue weighted by Crippen LogP contribution is -1.85. The summed E-state index contributed by atoms with van der Waals surface area (Å²) in [5.41, 5.74) is 2.33. The summed E-state index contributed by atoms with van der Waals surface area (Å²) in [6, 6.07) is 20.6. The first-order valence-corrected chi connectivity index (χ1v) is 8.21. The second-order valence-electron chi connectivity index (χ2n) is 5.13. The minimum absolute atomic E-state index is 0.797. The average molecular weight is 325 g/mol. The summed E-state index contributed by atoms with van der Waals surface area (Å²) in [5.74, 6) is 0.869. The molecule has 0 spiro atoms. The van der Waals surface area contributed by atoms with E-state index < -0.39 is 0 Å². The molecule has 22 heavy (non-hydrogen) atoms. The molecule has 0 fully saturated rings. The van der Waals surface area contributed by atoms with Crippen molar-refractivity contribution in [1.82, 2.24) is 0 Å². The summed E-state index contributed by atoms with van der Waals surface area (Å²) in [6.07, 6.45) is 0. The Kier molecular flexibility index (Phi) is 3.29. The monoisotopic (exact) mass is 324 g/mol. The molecule has 1 heterocycles. The molecule has 4 rings (SSSR count). The molecule has 108 valence electrons. The third-order valence-corrected chi connectivity index (χ3v) is 5.26. The molecule has 0 saturated heterocycles. The van der Waals surface area contributed by atoms with E-state index in [0.717, 1.165) is 21.7 Å². The van der Waals surface area contributed by atoms with Crippen molar-refractivity contribution >= 4 is 43.1 Å². The van der Waals surface area contributed by atoms with Gasteiger partial charge in [0.2, 0.25) is 0 Å². The van der Waals surface area contributed by atoms with Crippen molar-refractivity contribution in [3.63, 3.8) is 0 Å². The van der Waals surface area contributed by atoms with Crippen LogP contribution in [0.2, 0.25) is 5.02 Å². The largest absolute Gasteiger partial charge is 0.497 e. The Hall–Kier alpha value is -2.03. The van der Waals surface area contributed by atoms with Gasteiger partial charge in [-0.1, -0.05) is 48.0 Å². The van der Waals surface area contributed by atoms with Crippen molar-refractivity contribution < 1.29 is 4.74 Å². The van der Waals surface area contributed by atoms with Gasteiger partial charge in [0.05, 0.1) is 7.11 Å². The van der Waals surface area contributed by atoms with Gasteiger partial charge in [0.1, 0.15) is 5.75 Å². The first-order chi connectivity index (χ1) is 10.8. The maximum Gasteiger partial charge on any atom is 0.120 e. The number of halogens is 1. The van der Waals surface area contributed by atoms with Gasteiger partial charge in [0.25, 0.3) is 0 Å². The molecule has 0 aliphatic heterocycles. The van der Waals surface area contributed by atoms with Gasteiger partial charge < -0.3 is 4.74 Å². The van der Waals surface area contributed by atoms with Gasteiger partial charge in [-0.2, -0.15) is 0 Å². The fraction of sp³-hybridized carbons (Fsp3) is 0.0526. The summed E-state index contributed by atoms with van der Waals surface area (Å²) in [5, 5.41) is 3.13. The Morgan fingerprint density at radius 1 is 0.864 bits per heavy atom. The number of thiophene rings is 1. The van der Waals surface area contributed by atoms with E-state index in [1.807, 2.05) is 18.2 Å². The van der Waals surface area contributed by atoms with E-state index in [-0.39, 0.29) is 0 Å². The van der Waals surface area contributed by atoms with Gasteiger partial charge in [-0.25, -0.2) is 0 Å². The van der Waals surface area contributed by atoms with Crippen LogP contribution in [0, 0.1) is 0 Å². The van der Waals surface area contributed by atoms with Crippen LogP contribution in [-0.4, -0.2) is 7.11 Å². The third kappa shape index (κ3) is 2.07. The van der Waals surface area contributed by atoms with Crippen molar-refractivity contribution in [2.75, 3.05) is 7.11 Å². The minimum atomic E-state index is 0.797. The molecule has 0 saturated carbocycles. The second-order valence-corrected chi connectivity index (χ2v) is 6.62. The zero-order chi connectivity index (χ0) is 15.1. The van der Waals surface area contributed by atoms with Gasteiger partial charge in [-0.3, -0.25) is 0 Å². The van der Waals surface area contributed by atoms with Crippen molar-refractivity contribution in [3.05, 3.63) is 65.7 Å². The summed E-state index contributed by atoms with van der Waals surface area (Å²) in [7, 11) is 1.70. The van der Waals surface area contributed by atoms with Crippen molar-refractivity contribution in [1.29, 1.82) is 0 Å². The molecule has 3 aromatic carbocycles. The highest BCUT2D eigenvalue weighted by Crippen LogP contribution is 2.44. The van der Waals surface area contributed by atoms with E-state index in [1.54, 1.807) is 18.4 Å². The number of hydrogen-bond acceptors (Lipinski definition) is 2. The number of fused-ring (bicyclic) bond motifs is 3. The molecule has 3 heteroatoms. The Balaban J connectivity index is 2.19. The first kappa shape index (κ1) is 13.6. The molecule has 0 bridgehead atoms. The van der Waals surface area contributed by atoms with Crippen molar-refractivity contribution in [2.45, 2.75) is 0 Å². The van der Waals surface area contributed by atoms with Crippen LogP contribution in [0.1, 0.15) is 0 Å². The van der Waals surface area contributed by atoms with E-state index in [2.05, 4.69) is 42.5 Å². The van der Waals surface area contributed by atoms with Crippen LogP contribution in [0.5, 0.6) is 5.75 Å². The topological polar surface area (TPSA) is 9.23 Å². The highest BCUT2D eigenvalue weighted by Gasteiger charge is 2.15. The summed E-state index contributed by atoms with van der Waals surface area (Å²) in [4.78, 5) is 0. The number of hydrogen-bond donors (Lipinski definition) is 0. The maximum atomic E-state index is 6.49. The molecule has 0 radical (unpaired) electrons. The Morgan fingerprint density at radius 2 is 1.68 bits per heavy atom. The number of methoxy groups -OCH3 is 1. The van der Waals surface area contributed by atoms with Gasteiger partial charge in [0.15, 0.2) is 0 Å².